The van der Waals surface area contributed by atoms with Crippen LogP contribution in [0.4, 0.5) is 0 Å². The van der Waals surface area contributed by atoms with E-state index in [0.717, 1.165) is 23.3 Å². The van der Waals surface area contributed by atoms with Crippen LogP contribution in [0.3, 0.4) is 0 Å². The van der Waals surface area contributed by atoms with Gasteiger partial charge in [0, 0.05) is 23.8 Å². The summed E-state index contributed by atoms with van der Waals surface area (Å²) in [4.78, 5) is 4.33. The van der Waals surface area contributed by atoms with E-state index >= 15 is 0 Å². The van der Waals surface area contributed by atoms with Crippen LogP contribution >= 0.6 is 15.9 Å². The first-order valence-electron chi connectivity index (χ1n) is 5.55. The fraction of sp³-hybridized carbons (Fsp3) is 0.583. The third kappa shape index (κ3) is 3.02. The van der Waals surface area contributed by atoms with Crippen LogP contribution in [0.15, 0.2) is 22.8 Å². The highest BCUT2D eigenvalue weighted by molar-refractivity contribution is 9.10. The van der Waals surface area contributed by atoms with Crippen LogP contribution in [0, 0.1) is 5.41 Å². The maximum Gasteiger partial charge on any atom is 0.0542 e. The number of halogens is 1. The van der Waals surface area contributed by atoms with E-state index in [9.17, 15) is 0 Å². The van der Waals surface area contributed by atoms with Gasteiger partial charge in [0.1, 0.15) is 0 Å². The molecule has 15 heavy (non-hydrogen) atoms. The Hall–Kier alpha value is -0.410. The predicted molar refractivity (Wildman–Crippen MR) is 65.6 cm³/mol. The summed E-state index contributed by atoms with van der Waals surface area (Å²) in [5.41, 5.74) is 1.74. The molecule has 3 heteroatoms. The van der Waals surface area contributed by atoms with Crippen molar-refractivity contribution in [3.05, 3.63) is 28.5 Å². The van der Waals surface area contributed by atoms with Gasteiger partial charge in [-0.15, -0.1) is 0 Å². The van der Waals surface area contributed by atoms with E-state index in [-0.39, 0.29) is 0 Å². The molecule has 1 aliphatic carbocycles. The Balaban J connectivity index is 1.76. The molecular weight excluding hydrogens is 252 g/mol. The number of aromatic nitrogens is 1. The second kappa shape index (κ2) is 4.62. The van der Waals surface area contributed by atoms with Crippen molar-refractivity contribution in [1.82, 2.24) is 10.3 Å². The van der Waals surface area contributed by atoms with Crippen LogP contribution < -0.4 is 5.32 Å². The average molecular weight is 269 g/mol. The van der Waals surface area contributed by atoms with Crippen molar-refractivity contribution in [2.75, 3.05) is 6.54 Å². The topological polar surface area (TPSA) is 24.9 Å². The zero-order valence-electron chi connectivity index (χ0n) is 9.09. The molecule has 82 valence electrons. The van der Waals surface area contributed by atoms with Gasteiger partial charge in [0.15, 0.2) is 0 Å². The Morgan fingerprint density at radius 3 is 2.80 bits per heavy atom. The summed E-state index contributed by atoms with van der Waals surface area (Å²) in [7, 11) is 0. The molecule has 0 bridgehead atoms. The van der Waals surface area contributed by atoms with E-state index in [2.05, 4.69) is 39.2 Å². The highest BCUT2D eigenvalue weighted by Crippen LogP contribution is 2.47. The SMILES string of the molecule is CCC1(CNCc2ccc(Br)cn2)CC1. The van der Waals surface area contributed by atoms with Crippen LogP contribution in [0.1, 0.15) is 31.9 Å². The lowest BCUT2D eigenvalue weighted by Gasteiger charge is -2.12. The maximum atomic E-state index is 4.33. The zero-order chi connectivity index (χ0) is 10.7. The fourth-order valence-electron chi connectivity index (χ4n) is 1.80. The minimum absolute atomic E-state index is 0.620. The van der Waals surface area contributed by atoms with Crippen LogP contribution in [0.5, 0.6) is 0 Å². The Morgan fingerprint density at radius 2 is 2.27 bits per heavy atom. The van der Waals surface area contributed by atoms with Crippen molar-refractivity contribution in [2.24, 2.45) is 5.41 Å². The number of rotatable bonds is 5. The molecule has 1 fully saturated rings. The quantitative estimate of drug-likeness (QED) is 0.888. The molecule has 0 atom stereocenters. The highest BCUT2D eigenvalue weighted by atomic mass is 79.9. The average Bonchev–Trinajstić information content (AvgIpc) is 3.02. The van der Waals surface area contributed by atoms with Crippen LogP contribution in [0.2, 0.25) is 0 Å². The molecule has 0 spiro atoms. The first kappa shape index (κ1) is 11.1. The van der Waals surface area contributed by atoms with Gasteiger partial charge in [0.05, 0.1) is 5.69 Å². The van der Waals surface area contributed by atoms with E-state index < -0.39 is 0 Å². The molecule has 0 radical (unpaired) electrons. The summed E-state index contributed by atoms with van der Waals surface area (Å²) in [6.45, 7) is 4.31. The number of nitrogens with zero attached hydrogens (tertiary/aromatic N) is 1. The number of nitrogens with one attached hydrogen (secondary N) is 1. The second-order valence-electron chi connectivity index (χ2n) is 4.42. The minimum Gasteiger partial charge on any atom is -0.311 e. The van der Waals surface area contributed by atoms with E-state index in [4.69, 9.17) is 0 Å². The predicted octanol–water partition coefficient (Wildman–Crippen LogP) is 3.12. The minimum atomic E-state index is 0.620. The van der Waals surface area contributed by atoms with Crippen molar-refractivity contribution in [3.8, 4) is 0 Å². The second-order valence-corrected chi connectivity index (χ2v) is 5.34. The van der Waals surface area contributed by atoms with Crippen molar-refractivity contribution in [2.45, 2.75) is 32.7 Å². The van der Waals surface area contributed by atoms with Gasteiger partial charge in [0.25, 0.3) is 0 Å². The van der Waals surface area contributed by atoms with Gasteiger partial charge in [-0.05, 0) is 52.7 Å². The molecule has 1 N–H and O–H groups in total. The van der Waals surface area contributed by atoms with Gasteiger partial charge in [-0.2, -0.15) is 0 Å². The molecule has 0 amide bonds. The third-order valence-corrected chi connectivity index (χ3v) is 3.77. The van der Waals surface area contributed by atoms with E-state index in [0.29, 0.717) is 5.41 Å². The smallest absolute Gasteiger partial charge is 0.0542 e. The molecule has 2 rings (SSSR count). The van der Waals surface area contributed by atoms with Gasteiger partial charge >= 0.3 is 0 Å². The lowest BCUT2D eigenvalue weighted by molar-refractivity contribution is 0.442. The summed E-state index contributed by atoms with van der Waals surface area (Å²) in [5.74, 6) is 0. The van der Waals surface area contributed by atoms with Crippen molar-refractivity contribution >= 4 is 15.9 Å². The zero-order valence-corrected chi connectivity index (χ0v) is 10.7. The molecule has 0 unspecified atom stereocenters. The summed E-state index contributed by atoms with van der Waals surface area (Å²) in [5, 5.41) is 3.50. The molecule has 0 aromatic carbocycles. The third-order valence-electron chi connectivity index (χ3n) is 3.30. The lowest BCUT2D eigenvalue weighted by Crippen LogP contribution is -2.23. The molecule has 1 heterocycles. The number of pyridine rings is 1. The van der Waals surface area contributed by atoms with Gasteiger partial charge < -0.3 is 5.32 Å². The summed E-state index contributed by atoms with van der Waals surface area (Å²) < 4.78 is 1.04. The van der Waals surface area contributed by atoms with E-state index in [1.54, 1.807) is 0 Å². The van der Waals surface area contributed by atoms with E-state index in [1.165, 1.54) is 19.3 Å². The van der Waals surface area contributed by atoms with Gasteiger partial charge in [-0.25, -0.2) is 0 Å². The maximum absolute atomic E-state index is 4.33. The molecule has 1 aromatic heterocycles. The summed E-state index contributed by atoms with van der Waals surface area (Å²) in [6, 6.07) is 4.10. The summed E-state index contributed by atoms with van der Waals surface area (Å²) >= 11 is 3.38. The molecular formula is C12H17BrN2. The molecule has 0 saturated heterocycles. The Bertz CT molecular complexity index is 317. The van der Waals surface area contributed by atoms with E-state index in [1.807, 2.05) is 12.3 Å². The largest absolute Gasteiger partial charge is 0.311 e. The monoisotopic (exact) mass is 268 g/mol. The van der Waals surface area contributed by atoms with Crippen LogP contribution in [-0.4, -0.2) is 11.5 Å². The summed E-state index contributed by atoms with van der Waals surface area (Å²) in [6.07, 6.45) is 5.94. The van der Waals surface area contributed by atoms with Gasteiger partial charge in [-0.3, -0.25) is 4.98 Å². The number of hydrogen-bond donors (Lipinski definition) is 1. The van der Waals surface area contributed by atoms with Crippen LogP contribution in [0.25, 0.3) is 0 Å². The normalized spacial score (nSPS) is 17.7. The van der Waals surface area contributed by atoms with Gasteiger partial charge in [0.2, 0.25) is 0 Å². The lowest BCUT2D eigenvalue weighted by atomic mass is 10.0. The standard InChI is InChI=1S/C12H17BrN2/c1-2-12(5-6-12)9-14-8-11-4-3-10(13)7-15-11/h3-4,7,14H,2,5-6,8-9H2,1H3. The Kier molecular flexibility index (Phi) is 3.42. The molecule has 1 aliphatic rings. The van der Waals surface area contributed by atoms with Gasteiger partial charge in [-0.1, -0.05) is 6.92 Å². The van der Waals surface area contributed by atoms with Crippen molar-refractivity contribution in [1.29, 1.82) is 0 Å². The molecule has 1 saturated carbocycles. The first-order valence-corrected chi connectivity index (χ1v) is 6.35. The molecule has 0 aliphatic heterocycles. The Labute approximate surface area is 99.6 Å². The van der Waals surface area contributed by atoms with Crippen LogP contribution in [-0.2, 0) is 6.54 Å². The highest BCUT2D eigenvalue weighted by Gasteiger charge is 2.39. The molecule has 1 aromatic rings. The first-order chi connectivity index (χ1) is 7.24. The fourth-order valence-corrected chi connectivity index (χ4v) is 2.03. The molecule has 2 nitrogen and oxygen atoms in total. The Morgan fingerprint density at radius 1 is 1.47 bits per heavy atom. The number of hydrogen-bond acceptors (Lipinski definition) is 2. The van der Waals surface area contributed by atoms with Crippen molar-refractivity contribution in [3.63, 3.8) is 0 Å². The van der Waals surface area contributed by atoms with Crippen molar-refractivity contribution < 1.29 is 0 Å².